The van der Waals surface area contributed by atoms with Gasteiger partial charge in [-0.3, -0.25) is 0 Å². The summed E-state index contributed by atoms with van der Waals surface area (Å²) in [6.07, 6.45) is 8.19. The first-order valence-electron chi connectivity index (χ1n) is 11.0. The molecule has 3 aromatic rings. The molecule has 30 heavy (non-hydrogen) atoms. The predicted octanol–water partition coefficient (Wildman–Crippen LogP) is 5.13. The van der Waals surface area contributed by atoms with Crippen LogP contribution in [0.2, 0.25) is 0 Å². The minimum atomic E-state index is 0.552. The number of methoxy groups -OCH3 is 2. The quantitative estimate of drug-likeness (QED) is 0.622. The Morgan fingerprint density at radius 3 is 2.60 bits per heavy atom. The molecule has 0 saturated carbocycles. The third-order valence-electron chi connectivity index (χ3n) is 6.78. The summed E-state index contributed by atoms with van der Waals surface area (Å²) < 4.78 is 11.0. The van der Waals surface area contributed by atoms with Gasteiger partial charge in [0.2, 0.25) is 0 Å². The van der Waals surface area contributed by atoms with E-state index in [4.69, 9.17) is 9.47 Å². The highest BCUT2D eigenvalue weighted by Crippen LogP contribution is 2.39. The normalized spacial score (nSPS) is 21.2. The van der Waals surface area contributed by atoms with Gasteiger partial charge in [-0.05, 0) is 60.8 Å². The van der Waals surface area contributed by atoms with Gasteiger partial charge in [0.1, 0.15) is 0 Å². The summed E-state index contributed by atoms with van der Waals surface area (Å²) in [5, 5.41) is 5.02. The number of nitrogens with one attached hydrogen (secondary N) is 2. The van der Waals surface area contributed by atoms with Crippen LogP contribution < -0.4 is 14.8 Å². The minimum Gasteiger partial charge on any atom is -0.493 e. The van der Waals surface area contributed by atoms with Gasteiger partial charge in [-0.25, -0.2) is 0 Å². The first-order valence-corrected chi connectivity index (χ1v) is 11.0. The molecule has 0 bridgehead atoms. The molecule has 1 aliphatic carbocycles. The Kier molecular flexibility index (Phi) is 5.26. The molecule has 0 amide bonds. The fourth-order valence-corrected chi connectivity index (χ4v) is 5.25. The molecule has 0 fully saturated rings. The van der Waals surface area contributed by atoms with Crippen molar-refractivity contribution in [1.29, 1.82) is 0 Å². The lowest BCUT2D eigenvalue weighted by Crippen LogP contribution is -2.35. The van der Waals surface area contributed by atoms with E-state index in [9.17, 15) is 0 Å². The van der Waals surface area contributed by atoms with E-state index in [1.54, 1.807) is 14.2 Å². The number of hydrogen-bond acceptors (Lipinski definition) is 3. The van der Waals surface area contributed by atoms with E-state index in [-0.39, 0.29) is 0 Å². The van der Waals surface area contributed by atoms with Gasteiger partial charge in [-0.2, -0.15) is 0 Å². The number of benzene rings is 2. The predicted molar refractivity (Wildman–Crippen MR) is 122 cm³/mol. The van der Waals surface area contributed by atoms with Crippen molar-refractivity contribution in [1.82, 2.24) is 10.3 Å². The number of aromatic amines is 1. The van der Waals surface area contributed by atoms with Crippen molar-refractivity contribution in [2.45, 2.75) is 38.1 Å². The zero-order chi connectivity index (χ0) is 20.5. The van der Waals surface area contributed by atoms with Gasteiger partial charge in [0.25, 0.3) is 0 Å². The molecule has 0 radical (unpaired) electrons. The van der Waals surface area contributed by atoms with Crippen LogP contribution in [-0.2, 0) is 12.8 Å². The highest BCUT2D eigenvalue weighted by molar-refractivity contribution is 5.88. The molecule has 2 N–H and O–H groups in total. The Bertz CT molecular complexity index is 1070. The maximum atomic E-state index is 5.55. The molecule has 4 nitrogen and oxygen atoms in total. The molecular formula is C26H30N2O2. The van der Waals surface area contributed by atoms with Crippen LogP contribution in [-0.4, -0.2) is 31.8 Å². The second-order valence-electron chi connectivity index (χ2n) is 8.58. The topological polar surface area (TPSA) is 46.3 Å². The molecule has 2 aromatic carbocycles. The molecule has 2 heterocycles. The third kappa shape index (κ3) is 3.61. The zero-order valence-electron chi connectivity index (χ0n) is 17.8. The largest absolute Gasteiger partial charge is 0.493 e. The highest BCUT2D eigenvalue weighted by Gasteiger charge is 2.27. The van der Waals surface area contributed by atoms with E-state index in [0.29, 0.717) is 12.0 Å². The Morgan fingerprint density at radius 2 is 1.80 bits per heavy atom. The van der Waals surface area contributed by atoms with Gasteiger partial charge < -0.3 is 19.8 Å². The van der Waals surface area contributed by atoms with Gasteiger partial charge in [-0.1, -0.05) is 36.4 Å². The summed E-state index contributed by atoms with van der Waals surface area (Å²) in [4.78, 5) is 3.63. The number of hydrogen-bond donors (Lipinski definition) is 2. The maximum Gasteiger partial charge on any atom is 0.162 e. The molecule has 2 atom stereocenters. The molecule has 4 heteroatoms. The standard InChI is InChI=1S/C26H30N2O2/c1-29-25-15-22-21-13-17(8-9-23(21)28-24(22)16-26(25)30-2)12-20-14-19(10-11-27-20)18-6-4-3-5-7-18/h3-7,10,15-17,20,27-28H,8-9,11-14H2,1-2H3. The summed E-state index contributed by atoms with van der Waals surface area (Å²) in [5.74, 6) is 2.30. The van der Waals surface area contributed by atoms with Crippen LogP contribution in [0.15, 0.2) is 48.5 Å². The number of aryl methyl sites for hydroxylation is 1. The van der Waals surface area contributed by atoms with Crippen LogP contribution >= 0.6 is 0 Å². The number of H-pyrrole nitrogens is 1. The first kappa shape index (κ1) is 19.3. The van der Waals surface area contributed by atoms with Gasteiger partial charge in [0.05, 0.1) is 14.2 Å². The SMILES string of the molecule is COc1cc2[nH]c3c(c2cc1OC)CC(CC1CC(c2ccccc2)=CCN1)CC3. The minimum absolute atomic E-state index is 0.552. The van der Waals surface area contributed by atoms with Crippen LogP contribution in [0.1, 0.15) is 36.1 Å². The molecule has 2 aliphatic rings. The molecule has 0 saturated heterocycles. The maximum absolute atomic E-state index is 5.55. The molecule has 5 rings (SSSR count). The van der Waals surface area contributed by atoms with Crippen molar-refractivity contribution in [3.8, 4) is 11.5 Å². The van der Waals surface area contributed by atoms with Crippen molar-refractivity contribution in [2.24, 2.45) is 5.92 Å². The second kappa shape index (κ2) is 8.19. The Labute approximate surface area is 178 Å². The van der Waals surface area contributed by atoms with Crippen molar-refractivity contribution in [2.75, 3.05) is 20.8 Å². The molecule has 1 aromatic heterocycles. The van der Waals surface area contributed by atoms with E-state index < -0.39 is 0 Å². The smallest absolute Gasteiger partial charge is 0.162 e. The highest BCUT2D eigenvalue weighted by atomic mass is 16.5. The Hall–Kier alpha value is -2.72. The van der Waals surface area contributed by atoms with Gasteiger partial charge in [0, 0.05) is 35.2 Å². The Balaban J connectivity index is 1.33. The van der Waals surface area contributed by atoms with E-state index in [1.165, 1.54) is 40.6 Å². The summed E-state index contributed by atoms with van der Waals surface area (Å²) in [5.41, 5.74) is 6.87. The Morgan fingerprint density at radius 1 is 1.00 bits per heavy atom. The van der Waals surface area contributed by atoms with Crippen LogP contribution in [0.5, 0.6) is 11.5 Å². The zero-order valence-corrected chi connectivity index (χ0v) is 17.8. The van der Waals surface area contributed by atoms with Crippen molar-refractivity contribution in [3.05, 3.63) is 65.4 Å². The van der Waals surface area contributed by atoms with Gasteiger partial charge >= 0.3 is 0 Å². The molecule has 2 unspecified atom stereocenters. The van der Waals surface area contributed by atoms with Crippen LogP contribution in [0.25, 0.3) is 16.5 Å². The van der Waals surface area contributed by atoms with E-state index in [2.05, 4.69) is 58.8 Å². The fourth-order valence-electron chi connectivity index (χ4n) is 5.25. The van der Waals surface area contributed by atoms with Gasteiger partial charge in [-0.15, -0.1) is 0 Å². The fraction of sp³-hybridized carbons (Fsp3) is 0.385. The van der Waals surface area contributed by atoms with Gasteiger partial charge in [0.15, 0.2) is 11.5 Å². The van der Waals surface area contributed by atoms with Crippen LogP contribution in [0.3, 0.4) is 0 Å². The van der Waals surface area contributed by atoms with E-state index >= 15 is 0 Å². The monoisotopic (exact) mass is 402 g/mol. The number of aromatic nitrogens is 1. The summed E-state index contributed by atoms with van der Waals surface area (Å²) in [7, 11) is 3.40. The lowest BCUT2D eigenvalue weighted by Gasteiger charge is -2.30. The van der Waals surface area contributed by atoms with Crippen molar-refractivity contribution < 1.29 is 9.47 Å². The first-order chi connectivity index (χ1) is 14.7. The van der Waals surface area contributed by atoms with Crippen LogP contribution in [0.4, 0.5) is 0 Å². The average molecular weight is 403 g/mol. The van der Waals surface area contributed by atoms with Crippen LogP contribution in [0, 0.1) is 5.92 Å². The van der Waals surface area contributed by atoms with E-state index in [1.807, 2.05) is 0 Å². The number of rotatable bonds is 5. The summed E-state index contributed by atoms with van der Waals surface area (Å²) >= 11 is 0. The number of fused-ring (bicyclic) bond motifs is 3. The van der Waals surface area contributed by atoms with Crippen molar-refractivity contribution >= 4 is 16.5 Å². The molecule has 0 spiro atoms. The molecular weight excluding hydrogens is 372 g/mol. The lowest BCUT2D eigenvalue weighted by molar-refractivity contribution is 0.355. The van der Waals surface area contributed by atoms with Crippen molar-refractivity contribution in [3.63, 3.8) is 0 Å². The number of ether oxygens (including phenoxy) is 2. The summed E-state index contributed by atoms with van der Waals surface area (Å²) in [6.45, 7) is 0.969. The lowest BCUT2D eigenvalue weighted by atomic mass is 9.80. The average Bonchev–Trinajstić information content (AvgIpc) is 3.15. The molecule has 1 aliphatic heterocycles. The second-order valence-corrected chi connectivity index (χ2v) is 8.58. The third-order valence-corrected chi connectivity index (χ3v) is 6.78. The van der Waals surface area contributed by atoms with E-state index in [0.717, 1.165) is 42.8 Å². The summed E-state index contributed by atoms with van der Waals surface area (Å²) in [6, 6.07) is 15.6. The molecule has 156 valence electrons.